The second-order valence-electron chi connectivity index (χ2n) is 2.37. The molecule has 0 aliphatic rings. The van der Waals surface area contributed by atoms with Crippen molar-refractivity contribution >= 4 is 5.97 Å². The van der Waals surface area contributed by atoms with Crippen LogP contribution in [0.2, 0.25) is 0 Å². The first kappa shape index (κ1) is 10.2. The van der Waals surface area contributed by atoms with E-state index in [-0.39, 0.29) is 18.5 Å². The van der Waals surface area contributed by atoms with Crippen molar-refractivity contribution in [3.8, 4) is 0 Å². The Labute approximate surface area is 66.7 Å². The van der Waals surface area contributed by atoms with Crippen molar-refractivity contribution in [2.24, 2.45) is 5.92 Å². The molecule has 0 rings (SSSR count). The van der Waals surface area contributed by atoms with E-state index in [2.05, 4.69) is 4.74 Å². The number of methoxy groups -OCH3 is 1. The molecule has 0 aliphatic carbocycles. The van der Waals surface area contributed by atoms with Crippen LogP contribution in [0.3, 0.4) is 0 Å². The van der Waals surface area contributed by atoms with E-state index in [0.717, 1.165) is 0 Å². The summed E-state index contributed by atoms with van der Waals surface area (Å²) in [6.45, 7) is 2.07. The zero-order valence-electron chi connectivity index (χ0n) is 6.91. The maximum atomic E-state index is 10.5. The smallest absolute Gasteiger partial charge is 0.330 e. The predicted molar refractivity (Wildman–Crippen MR) is 42.0 cm³/mol. The summed E-state index contributed by atoms with van der Waals surface area (Å²) in [6.07, 6.45) is 3.77. The van der Waals surface area contributed by atoms with Crippen LogP contribution in [0.25, 0.3) is 0 Å². The van der Waals surface area contributed by atoms with E-state index in [9.17, 15) is 4.79 Å². The molecule has 0 amide bonds. The minimum atomic E-state index is -0.352. The van der Waals surface area contributed by atoms with Crippen LogP contribution in [0.5, 0.6) is 0 Å². The van der Waals surface area contributed by atoms with Crippen LogP contribution >= 0.6 is 0 Å². The third kappa shape index (κ3) is 5.61. The first-order valence-corrected chi connectivity index (χ1v) is 3.57. The molecule has 0 heterocycles. The number of carbonyl (C=O) groups excluding carboxylic acids is 1. The topological polar surface area (TPSA) is 46.5 Å². The molecular weight excluding hydrogens is 144 g/mol. The molecule has 0 aliphatic heterocycles. The van der Waals surface area contributed by atoms with E-state index in [4.69, 9.17) is 5.11 Å². The van der Waals surface area contributed by atoms with Crippen molar-refractivity contribution in [3.05, 3.63) is 12.2 Å². The number of esters is 1. The summed E-state index contributed by atoms with van der Waals surface area (Å²) in [6, 6.07) is 0. The number of carbonyl (C=O) groups is 1. The van der Waals surface area contributed by atoms with Gasteiger partial charge in [-0.1, -0.05) is 13.0 Å². The van der Waals surface area contributed by atoms with Crippen LogP contribution in [-0.4, -0.2) is 24.8 Å². The predicted octanol–water partition coefficient (Wildman–Crippen LogP) is 0.734. The number of rotatable bonds is 4. The Balaban J connectivity index is 3.63. The zero-order chi connectivity index (χ0) is 8.69. The maximum absolute atomic E-state index is 10.5. The first-order chi connectivity index (χ1) is 5.20. The molecule has 1 atom stereocenters. The molecule has 0 aromatic heterocycles. The first-order valence-electron chi connectivity index (χ1n) is 3.57. The van der Waals surface area contributed by atoms with Crippen LogP contribution in [0.1, 0.15) is 13.3 Å². The van der Waals surface area contributed by atoms with Crippen molar-refractivity contribution < 1.29 is 14.6 Å². The van der Waals surface area contributed by atoms with Gasteiger partial charge in [-0.05, 0) is 12.3 Å². The average Bonchev–Trinajstić information content (AvgIpc) is 2.01. The van der Waals surface area contributed by atoms with Crippen molar-refractivity contribution in [2.75, 3.05) is 13.7 Å². The summed E-state index contributed by atoms with van der Waals surface area (Å²) in [7, 11) is 1.34. The molecular formula is C8H14O3. The highest BCUT2D eigenvalue weighted by molar-refractivity contribution is 5.81. The van der Waals surface area contributed by atoms with Crippen molar-refractivity contribution in [3.63, 3.8) is 0 Å². The molecule has 0 spiro atoms. The molecule has 0 bridgehead atoms. The number of hydrogen-bond donors (Lipinski definition) is 1. The summed E-state index contributed by atoms with van der Waals surface area (Å²) in [4.78, 5) is 10.5. The Hall–Kier alpha value is -0.830. The number of allylic oxidation sites excluding steroid dienone is 1. The molecule has 1 N–H and O–H groups in total. The summed E-state index contributed by atoms with van der Waals surface area (Å²) in [5.74, 6) is -0.131. The average molecular weight is 158 g/mol. The molecule has 0 aromatic carbocycles. The molecule has 0 unspecified atom stereocenters. The summed E-state index contributed by atoms with van der Waals surface area (Å²) >= 11 is 0. The van der Waals surface area contributed by atoms with Crippen LogP contribution in [0.15, 0.2) is 12.2 Å². The Morgan fingerprint density at radius 1 is 1.73 bits per heavy atom. The number of aliphatic hydroxyl groups excluding tert-OH is 1. The fourth-order valence-corrected chi connectivity index (χ4v) is 0.611. The van der Waals surface area contributed by atoms with E-state index in [0.29, 0.717) is 6.42 Å². The van der Waals surface area contributed by atoms with E-state index in [1.165, 1.54) is 13.2 Å². The number of hydrogen-bond acceptors (Lipinski definition) is 3. The largest absolute Gasteiger partial charge is 0.466 e. The molecule has 3 nitrogen and oxygen atoms in total. The van der Waals surface area contributed by atoms with E-state index in [1.807, 2.05) is 6.92 Å². The van der Waals surface area contributed by atoms with Gasteiger partial charge in [-0.2, -0.15) is 0 Å². The lowest BCUT2D eigenvalue weighted by molar-refractivity contribution is -0.134. The Bertz CT molecular complexity index is 140. The molecule has 0 saturated heterocycles. The maximum Gasteiger partial charge on any atom is 0.330 e. The van der Waals surface area contributed by atoms with Crippen molar-refractivity contribution in [1.82, 2.24) is 0 Å². The van der Waals surface area contributed by atoms with Gasteiger partial charge < -0.3 is 9.84 Å². The van der Waals surface area contributed by atoms with Crippen LogP contribution < -0.4 is 0 Å². The zero-order valence-corrected chi connectivity index (χ0v) is 6.91. The summed E-state index contributed by atoms with van der Waals surface area (Å²) in [5, 5.41) is 8.51. The SMILES string of the molecule is COC(=O)C=C[C@@H](C)CCO. The quantitative estimate of drug-likeness (QED) is 0.484. The van der Waals surface area contributed by atoms with Crippen molar-refractivity contribution in [1.29, 1.82) is 0 Å². The normalized spacial score (nSPS) is 13.4. The molecule has 11 heavy (non-hydrogen) atoms. The molecule has 0 fully saturated rings. The van der Waals surface area contributed by atoms with Crippen molar-refractivity contribution in [2.45, 2.75) is 13.3 Å². The van der Waals surface area contributed by atoms with Gasteiger partial charge in [-0.3, -0.25) is 0 Å². The van der Waals surface area contributed by atoms with Gasteiger partial charge in [-0.25, -0.2) is 4.79 Å². The lowest BCUT2D eigenvalue weighted by Crippen LogP contribution is -1.98. The van der Waals surface area contributed by atoms with Gasteiger partial charge in [0.15, 0.2) is 0 Å². The van der Waals surface area contributed by atoms with Gasteiger partial charge >= 0.3 is 5.97 Å². The molecule has 0 saturated carbocycles. The molecule has 0 radical (unpaired) electrons. The molecule has 0 aromatic rings. The highest BCUT2D eigenvalue weighted by Crippen LogP contribution is 2.01. The Kier molecular flexibility index (Phi) is 5.47. The second kappa shape index (κ2) is 5.92. The Morgan fingerprint density at radius 3 is 2.82 bits per heavy atom. The third-order valence-electron chi connectivity index (χ3n) is 1.35. The fourth-order valence-electron chi connectivity index (χ4n) is 0.611. The lowest BCUT2D eigenvalue weighted by atomic mass is 10.1. The lowest BCUT2D eigenvalue weighted by Gasteiger charge is -2.00. The van der Waals surface area contributed by atoms with Crippen LogP contribution in [-0.2, 0) is 9.53 Å². The highest BCUT2D eigenvalue weighted by atomic mass is 16.5. The summed E-state index contributed by atoms with van der Waals surface area (Å²) < 4.78 is 4.39. The highest BCUT2D eigenvalue weighted by Gasteiger charge is 1.96. The van der Waals surface area contributed by atoms with Gasteiger partial charge in [0.2, 0.25) is 0 Å². The van der Waals surface area contributed by atoms with Crippen LogP contribution in [0, 0.1) is 5.92 Å². The van der Waals surface area contributed by atoms with E-state index < -0.39 is 0 Å². The number of ether oxygens (including phenoxy) is 1. The summed E-state index contributed by atoms with van der Waals surface area (Å²) in [5.41, 5.74) is 0. The van der Waals surface area contributed by atoms with Crippen LogP contribution in [0.4, 0.5) is 0 Å². The van der Waals surface area contributed by atoms with Gasteiger partial charge in [0.1, 0.15) is 0 Å². The monoisotopic (exact) mass is 158 g/mol. The Morgan fingerprint density at radius 2 is 2.36 bits per heavy atom. The molecule has 64 valence electrons. The fraction of sp³-hybridized carbons (Fsp3) is 0.625. The van der Waals surface area contributed by atoms with Gasteiger partial charge in [0.25, 0.3) is 0 Å². The van der Waals surface area contributed by atoms with E-state index >= 15 is 0 Å². The minimum absolute atomic E-state index is 0.146. The van der Waals surface area contributed by atoms with Gasteiger partial charge in [0, 0.05) is 12.7 Å². The number of aliphatic hydroxyl groups is 1. The van der Waals surface area contributed by atoms with Gasteiger partial charge in [-0.15, -0.1) is 0 Å². The van der Waals surface area contributed by atoms with E-state index in [1.54, 1.807) is 6.08 Å². The molecule has 3 heteroatoms. The third-order valence-corrected chi connectivity index (χ3v) is 1.35. The second-order valence-corrected chi connectivity index (χ2v) is 2.37. The standard InChI is InChI=1S/C8H14O3/c1-7(5-6-9)3-4-8(10)11-2/h3-4,7,9H,5-6H2,1-2H3/t7-/m1/s1. The van der Waals surface area contributed by atoms with Gasteiger partial charge in [0.05, 0.1) is 7.11 Å². The minimum Gasteiger partial charge on any atom is -0.466 e.